The van der Waals surface area contributed by atoms with E-state index < -0.39 is 41.1 Å². The van der Waals surface area contributed by atoms with Crippen LogP contribution in [-0.4, -0.2) is 23.8 Å². The quantitative estimate of drug-likeness (QED) is 0.644. The molecule has 1 atom stereocenters. The summed E-state index contributed by atoms with van der Waals surface area (Å²) in [6.07, 6.45) is -2.44. The molecule has 0 radical (unpaired) electrons. The zero-order valence-corrected chi connectivity index (χ0v) is 11.8. The number of carbonyl (C=O) groups is 2. The summed E-state index contributed by atoms with van der Waals surface area (Å²) in [7, 11) is 1.13. The lowest BCUT2D eigenvalue weighted by atomic mass is 10.1. The molecule has 0 N–H and O–H groups in total. The summed E-state index contributed by atoms with van der Waals surface area (Å²) >= 11 is 0. The molecule has 2 amide bonds. The van der Waals surface area contributed by atoms with Crippen molar-refractivity contribution in [2.45, 2.75) is 6.30 Å². The van der Waals surface area contributed by atoms with Gasteiger partial charge in [-0.3, -0.25) is 9.59 Å². The number of amides is 2. The van der Waals surface area contributed by atoms with Crippen molar-refractivity contribution in [3.63, 3.8) is 0 Å². The van der Waals surface area contributed by atoms with Gasteiger partial charge in [0.25, 0.3) is 11.8 Å². The predicted octanol–water partition coefficient (Wildman–Crippen LogP) is 3.24. The van der Waals surface area contributed by atoms with Gasteiger partial charge in [-0.25, -0.2) is 13.7 Å². The van der Waals surface area contributed by atoms with Gasteiger partial charge in [0.05, 0.1) is 18.2 Å². The molecule has 23 heavy (non-hydrogen) atoms. The molecule has 4 nitrogen and oxygen atoms in total. The van der Waals surface area contributed by atoms with E-state index in [4.69, 9.17) is 0 Å². The van der Waals surface area contributed by atoms with Gasteiger partial charge in [-0.2, -0.15) is 4.39 Å². The molecule has 1 heterocycles. The van der Waals surface area contributed by atoms with Crippen LogP contribution < -0.4 is 4.74 Å². The summed E-state index contributed by atoms with van der Waals surface area (Å²) in [6, 6.07) is 7.74. The van der Waals surface area contributed by atoms with Gasteiger partial charge in [-0.1, -0.05) is 12.1 Å². The SMILES string of the molecule is COc1ccc(C(F)N2C(=O)c3ccccc3C2=O)c(F)c1F. The number of carbonyl (C=O) groups excluding carboxylic acids is 2. The van der Waals surface area contributed by atoms with Crippen molar-refractivity contribution in [3.8, 4) is 5.75 Å². The van der Waals surface area contributed by atoms with Gasteiger partial charge >= 0.3 is 0 Å². The number of imide groups is 1. The van der Waals surface area contributed by atoms with Crippen molar-refractivity contribution in [2.75, 3.05) is 7.11 Å². The molecule has 118 valence electrons. The molecule has 0 spiro atoms. The zero-order chi connectivity index (χ0) is 16.7. The van der Waals surface area contributed by atoms with Crippen LogP contribution in [0.4, 0.5) is 13.2 Å². The van der Waals surface area contributed by atoms with Crippen LogP contribution in [0.3, 0.4) is 0 Å². The number of halogens is 3. The van der Waals surface area contributed by atoms with Crippen molar-refractivity contribution in [1.82, 2.24) is 4.90 Å². The van der Waals surface area contributed by atoms with Crippen molar-refractivity contribution in [1.29, 1.82) is 0 Å². The molecule has 2 aromatic rings. The zero-order valence-electron chi connectivity index (χ0n) is 11.8. The van der Waals surface area contributed by atoms with E-state index in [1.165, 1.54) is 24.3 Å². The number of nitrogens with zero attached hydrogens (tertiary/aromatic N) is 1. The summed E-state index contributed by atoms with van der Waals surface area (Å²) < 4.78 is 46.9. The highest BCUT2D eigenvalue weighted by Crippen LogP contribution is 2.35. The Bertz CT molecular complexity index is 787. The van der Waals surface area contributed by atoms with Crippen LogP contribution in [0.1, 0.15) is 32.6 Å². The molecule has 0 saturated carbocycles. The normalized spacial score (nSPS) is 14.9. The van der Waals surface area contributed by atoms with Crippen LogP contribution in [0.15, 0.2) is 36.4 Å². The minimum atomic E-state index is -2.44. The first-order valence-corrected chi connectivity index (χ1v) is 6.60. The van der Waals surface area contributed by atoms with Gasteiger partial charge in [0, 0.05) is 5.56 Å². The lowest BCUT2D eigenvalue weighted by Gasteiger charge is -2.20. The highest BCUT2D eigenvalue weighted by Gasteiger charge is 2.42. The number of hydrogen-bond acceptors (Lipinski definition) is 3. The second kappa shape index (κ2) is 5.42. The average Bonchev–Trinajstić information content (AvgIpc) is 2.81. The first-order chi connectivity index (χ1) is 11.0. The first-order valence-electron chi connectivity index (χ1n) is 6.60. The fourth-order valence-corrected chi connectivity index (χ4v) is 2.44. The lowest BCUT2D eigenvalue weighted by Crippen LogP contribution is -2.32. The van der Waals surface area contributed by atoms with Crippen LogP contribution in [0.25, 0.3) is 0 Å². The smallest absolute Gasteiger partial charge is 0.264 e. The highest BCUT2D eigenvalue weighted by atomic mass is 19.2. The number of rotatable bonds is 3. The van der Waals surface area contributed by atoms with Crippen molar-refractivity contribution in [2.24, 2.45) is 0 Å². The Morgan fingerprint density at radius 3 is 2.04 bits per heavy atom. The van der Waals surface area contributed by atoms with Crippen molar-refractivity contribution in [3.05, 3.63) is 64.7 Å². The van der Waals surface area contributed by atoms with E-state index in [0.29, 0.717) is 0 Å². The first kappa shape index (κ1) is 15.1. The molecule has 1 unspecified atom stereocenters. The molecular formula is C16H10F3NO3. The van der Waals surface area contributed by atoms with Gasteiger partial charge in [0.15, 0.2) is 11.6 Å². The van der Waals surface area contributed by atoms with Gasteiger partial charge in [0.2, 0.25) is 12.1 Å². The molecule has 0 fully saturated rings. The van der Waals surface area contributed by atoms with Gasteiger partial charge in [0.1, 0.15) is 0 Å². The fourth-order valence-electron chi connectivity index (χ4n) is 2.44. The van der Waals surface area contributed by atoms with Gasteiger partial charge in [-0.05, 0) is 24.3 Å². The molecule has 0 aliphatic carbocycles. The number of alkyl halides is 1. The predicted molar refractivity (Wildman–Crippen MR) is 73.7 cm³/mol. The van der Waals surface area contributed by atoms with E-state index in [2.05, 4.69) is 4.74 Å². The van der Waals surface area contributed by atoms with E-state index in [-0.39, 0.29) is 16.0 Å². The maximum atomic E-state index is 14.6. The van der Waals surface area contributed by atoms with Crippen LogP contribution in [-0.2, 0) is 0 Å². The molecule has 0 saturated heterocycles. The summed E-state index contributed by atoms with van der Waals surface area (Å²) in [5.41, 5.74) is -0.707. The van der Waals surface area contributed by atoms with E-state index in [9.17, 15) is 22.8 Å². The highest BCUT2D eigenvalue weighted by molar-refractivity contribution is 6.21. The Morgan fingerprint density at radius 1 is 0.957 bits per heavy atom. The van der Waals surface area contributed by atoms with Crippen molar-refractivity contribution < 1.29 is 27.5 Å². The molecule has 3 rings (SSSR count). The number of methoxy groups -OCH3 is 1. The molecule has 1 aliphatic rings. The largest absolute Gasteiger partial charge is 0.494 e. The van der Waals surface area contributed by atoms with Crippen LogP contribution in [0.2, 0.25) is 0 Å². The van der Waals surface area contributed by atoms with Gasteiger partial charge < -0.3 is 4.74 Å². The maximum absolute atomic E-state index is 14.6. The average molecular weight is 321 g/mol. The molecule has 7 heteroatoms. The topological polar surface area (TPSA) is 46.6 Å². The second-order valence-electron chi connectivity index (χ2n) is 4.85. The van der Waals surface area contributed by atoms with Crippen LogP contribution >= 0.6 is 0 Å². The number of hydrogen-bond donors (Lipinski definition) is 0. The Hall–Kier alpha value is -2.83. The van der Waals surface area contributed by atoms with Crippen molar-refractivity contribution >= 4 is 11.8 Å². The molecule has 0 bridgehead atoms. The molecule has 1 aliphatic heterocycles. The van der Waals surface area contributed by atoms with Gasteiger partial charge in [-0.15, -0.1) is 0 Å². The number of benzene rings is 2. The molecule has 0 aromatic heterocycles. The van der Waals surface area contributed by atoms with E-state index >= 15 is 0 Å². The summed E-state index contributed by atoms with van der Waals surface area (Å²) in [6.45, 7) is 0. The minimum absolute atomic E-state index is 0.0227. The summed E-state index contributed by atoms with van der Waals surface area (Å²) in [4.78, 5) is 24.6. The van der Waals surface area contributed by atoms with Crippen LogP contribution in [0, 0.1) is 11.6 Å². The summed E-state index contributed by atoms with van der Waals surface area (Å²) in [5, 5.41) is 0. The molecular weight excluding hydrogens is 311 g/mol. The Kier molecular flexibility index (Phi) is 3.55. The fraction of sp³-hybridized carbons (Fsp3) is 0.125. The Labute approximate surface area is 129 Å². The van der Waals surface area contributed by atoms with Crippen LogP contribution in [0.5, 0.6) is 5.75 Å². The second-order valence-corrected chi connectivity index (χ2v) is 4.85. The standard InChI is InChI=1S/C16H10F3NO3/c1-23-11-7-6-10(12(17)13(11)18)14(19)20-15(21)8-4-2-3-5-9(8)16(20)22/h2-7,14H,1H3. The monoisotopic (exact) mass is 321 g/mol. The van der Waals surface area contributed by atoms with E-state index in [1.807, 2.05) is 0 Å². The third kappa shape index (κ3) is 2.16. The third-order valence-electron chi connectivity index (χ3n) is 3.61. The summed E-state index contributed by atoms with van der Waals surface area (Å²) in [5.74, 6) is -5.08. The lowest BCUT2D eigenvalue weighted by molar-refractivity contribution is 0.0406. The van der Waals surface area contributed by atoms with E-state index in [0.717, 1.165) is 19.2 Å². The third-order valence-corrected chi connectivity index (χ3v) is 3.61. The Balaban J connectivity index is 2.03. The minimum Gasteiger partial charge on any atom is -0.494 e. The maximum Gasteiger partial charge on any atom is 0.264 e. The van der Waals surface area contributed by atoms with E-state index in [1.54, 1.807) is 0 Å². The number of fused-ring (bicyclic) bond motifs is 1. The number of ether oxygens (including phenoxy) is 1. The molecule has 2 aromatic carbocycles. The Morgan fingerprint density at radius 2 is 1.52 bits per heavy atom.